The molecule has 0 unspecified atom stereocenters. The second-order valence-corrected chi connectivity index (χ2v) is 3.06. The van der Waals surface area contributed by atoms with Gasteiger partial charge in [-0.2, -0.15) is 0 Å². The van der Waals surface area contributed by atoms with E-state index in [0.29, 0.717) is 6.42 Å². The van der Waals surface area contributed by atoms with Crippen LogP contribution in [0.3, 0.4) is 0 Å². The van der Waals surface area contributed by atoms with Crippen molar-refractivity contribution in [2.45, 2.75) is 19.4 Å². The normalized spacial score (nSPS) is 27.1. The molecule has 0 amide bonds. The Morgan fingerprint density at radius 1 is 1.77 bits per heavy atom. The van der Waals surface area contributed by atoms with Gasteiger partial charge in [0.2, 0.25) is 0 Å². The number of esters is 2. The highest BCUT2D eigenvalue weighted by atomic mass is 35.5. The Balaban J connectivity index is 2.52. The molecule has 0 aromatic heterocycles. The minimum Gasteiger partial charge on any atom is -0.465 e. The number of hydrogen-bond donors (Lipinski definition) is 0. The maximum absolute atomic E-state index is 11.2. The summed E-state index contributed by atoms with van der Waals surface area (Å²) in [5.41, 5.74) is 0. The van der Waals surface area contributed by atoms with Crippen LogP contribution < -0.4 is 0 Å². The quantitative estimate of drug-likeness (QED) is 0.388. The molecule has 1 saturated heterocycles. The summed E-state index contributed by atoms with van der Waals surface area (Å²) in [5, 5.41) is 0. The fourth-order valence-corrected chi connectivity index (χ4v) is 1.37. The van der Waals surface area contributed by atoms with Crippen LogP contribution in [0.5, 0.6) is 0 Å². The van der Waals surface area contributed by atoms with E-state index in [-0.39, 0.29) is 18.6 Å². The van der Waals surface area contributed by atoms with Crippen molar-refractivity contribution in [3.8, 4) is 0 Å². The molecule has 13 heavy (non-hydrogen) atoms. The van der Waals surface area contributed by atoms with E-state index in [0.717, 1.165) is 0 Å². The molecule has 1 rings (SSSR count). The summed E-state index contributed by atoms with van der Waals surface area (Å²) in [5.74, 6) is -1.59. The molecule has 1 aliphatic rings. The second-order valence-electron chi connectivity index (χ2n) is 2.75. The standard InChI is InChI=1S/C8H11ClO4/c1-2-12-7(10)6-3-5(4-9)13-8(6)11/h5-6H,2-4H2,1H3/t5-,6+/m0/s1. The first-order valence-electron chi connectivity index (χ1n) is 4.12. The third-order valence-electron chi connectivity index (χ3n) is 1.81. The molecule has 0 aromatic carbocycles. The van der Waals surface area contributed by atoms with Crippen molar-refractivity contribution < 1.29 is 19.1 Å². The van der Waals surface area contributed by atoms with Gasteiger partial charge >= 0.3 is 11.9 Å². The van der Waals surface area contributed by atoms with Crippen molar-refractivity contribution in [1.29, 1.82) is 0 Å². The molecule has 5 heteroatoms. The van der Waals surface area contributed by atoms with E-state index >= 15 is 0 Å². The van der Waals surface area contributed by atoms with Crippen LogP contribution >= 0.6 is 11.6 Å². The first-order valence-corrected chi connectivity index (χ1v) is 4.65. The lowest BCUT2D eigenvalue weighted by molar-refractivity contribution is -0.156. The fraction of sp³-hybridized carbons (Fsp3) is 0.750. The summed E-state index contributed by atoms with van der Waals surface area (Å²) < 4.78 is 9.53. The molecule has 0 aliphatic carbocycles. The van der Waals surface area contributed by atoms with Gasteiger partial charge in [0.05, 0.1) is 12.5 Å². The topological polar surface area (TPSA) is 52.6 Å². The van der Waals surface area contributed by atoms with Gasteiger partial charge in [-0.25, -0.2) is 0 Å². The van der Waals surface area contributed by atoms with Gasteiger partial charge in [0.1, 0.15) is 6.10 Å². The Morgan fingerprint density at radius 2 is 2.46 bits per heavy atom. The van der Waals surface area contributed by atoms with Gasteiger partial charge in [-0.3, -0.25) is 9.59 Å². The first-order chi connectivity index (χ1) is 6.19. The van der Waals surface area contributed by atoms with Gasteiger partial charge in [0.25, 0.3) is 0 Å². The van der Waals surface area contributed by atoms with Crippen molar-refractivity contribution in [3.05, 3.63) is 0 Å². The summed E-state index contributed by atoms with van der Waals surface area (Å²) in [6, 6.07) is 0. The zero-order valence-corrected chi connectivity index (χ0v) is 8.04. The Bertz CT molecular complexity index is 216. The van der Waals surface area contributed by atoms with E-state index < -0.39 is 17.9 Å². The highest BCUT2D eigenvalue weighted by Gasteiger charge is 2.40. The molecular weight excluding hydrogens is 196 g/mol. The van der Waals surface area contributed by atoms with Crippen LogP contribution in [-0.4, -0.2) is 30.5 Å². The van der Waals surface area contributed by atoms with Crippen LogP contribution in [0.25, 0.3) is 0 Å². The minimum atomic E-state index is -0.774. The molecule has 4 nitrogen and oxygen atoms in total. The molecule has 2 atom stereocenters. The van der Waals surface area contributed by atoms with E-state index in [1.165, 1.54) is 0 Å². The van der Waals surface area contributed by atoms with Crippen LogP contribution in [0.4, 0.5) is 0 Å². The number of rotatable bonds is 3. The van der Waals surface area contributed by atoms with Crippen molar-refractivity contribution in [2.75, 3.05) is 12.5 Å². The highest BCUT2D eigenvalue weighted by Crippen LogP contribution is 2.23. The smallest absolute Gasteiger partial charge is 0.320 e. The van der Waals surface area contributed by atoms with E-state index in [1.54, 1.807) is 6.92 Å². The maximum Gasteiger partial charge on any atom is 0.320 e. The average molecular weight is 207 g/mol. The lowest BCUT2D eigenvalue weighted by atomic mass is 10.1. The predicted molar refractivity (Wildman–Crippen MR) is 45.3 cm³/mol. The minimum absolute atomic E-state index is 0.224. The van der Waals surface area contributed by atoms with Gasteiger partial charge in [-0.15, -0.1) is 11.6 Å². The molecule has 0 spiro atoms. The Morgan fingerprint density at radius 3 is 2.92 bits per heavy atom. The first kappa shape index (κ1) is 10.3. The Hall–Kier alpha value is -0.770. The highest BCUT2D eigenvalue weighted by molar-refractivity contribution is 6.18. The molecule has 0 N–H and O–H groups in total. The molecule has 1 fully saturated rings. The number of halogens is 1. The monoisotopic (exact) mass is 206 g/mol. The number of alkyl halides is 1. The van der Waals surface area contributed by atoms with E-state index in [9.17, 15) is 9.59 Å². The zero-order valence-electron chi connectivity index (χ0n) is 7.29. The van der Waals surface area contributed by atoms with Gasteiger partial charge in [0, 0.05) is 6.42 Å². The van der Waals surface area contributed by atoms with Crippen molar-refractivity contribution >= 4 is 23.5 Å². The molecule has 1 aliphatic heterocycles. The van der Waals surface area contributed by atoms with Gasteiger partial charge < -0.3 is 9.47 Å². The van der Waals surface area contributed by atoms with Gasteiger partial charge in [-0.1, -0.05) is 0 Å². The van der Waals surface area contributed by atoms with Crippen LogP contribution in [-0.2, 0) is 19.1 Å². The fourth-order valence-electron chi connectivity index (χ4n) is 1.18. The molecule has 0 saturated carbocycles. The third kappa shape index (κ3) is 2.34. The van der Waals surface area contributed by atoms with Gasteiger partial charge in [0.15, 0.2) is 5.92 Å². The van der Waals surface area contributed by atoms with Crippen LogP contribution in [0.2, 0.25) is 0 Å². The molecule has 1 heterocycles. The third-order valence-corrected chi connectivity index (χ3v) is 2.15. The lowest BCUT2D eigenvalue weighted by Crippen LogP contribution is -2.21. The number of ether oxygens (including phenoxy) is 2. The summed E-state index contributed by atoms with van der Waals surface area (Å²) in [7, 11) is 0. The summed E-state index contributed by atoms with van der Waals surface area (Å²) in [4.78, 5) is 22.2. The van der Waals surface area contributed by atoms with Gasteiger partial charge in [-0.05, 0) is 6.92 Å². The SMILES string of the molecule is CCOC(=O)[C@H]1C[C@@H](CCl)OC1=O. The lowest BCUT2D eigenvalue weighted by Gasteiger charge is -2.03. The largest absolute Gasteiger partial charge is 0.465 e. The molecule has 0 radical (unpaired) electrons. The Labute approximate surface area is 81.1 Å². The van der Waals surface area contributed by atoms with Crippen LogP contribution in [0.1, 0.15) is 13.3 Å². The average Bonchev–Trinajstić information content (AvgIpc) is 2.47. The summed E-state index contributed by atoms with van der Waals surface area (Å²) in [6.07, 6.45) is -0.00942. The van der Waals surface area contributed by atoms with Crippen molar-refractivity contribution in [2.24, 2.45) is 5.92 Å². The summed E-state index contributed by atoms with van der Waals surface area (Å²) >= 11 is 5.49. The van der Waals surface area contributed by atoms with Crippen molar-refractivity contribution in [1.82, 2.24) is 0 Å². The van der Waals surface area contributed by atoms with E-state index in [2.05, 4.69) is 0 Å². The number of carbonyl (C=O) groups excluding carboxylic acids is 2. The zero-order chi connectivity index (χ0) is 9.84. The molecule has 0 bridgehead atoms. The second kappa shape index (κ2) is 4.46. The Kier molecular flexibility index (Phi) is 3.54. The van der Waals surface area contributed by atoms with E-state index in [1.807, 2.05) is 0 Å². The summed E-state index contributed by atoms with van der Waals surface area (Å²) in [6.45, 7) is 1.96. The number of cyclic esters (lactones) is 1. The predicted octanol–water partition coefficient (Wildman–Crippen LogP) is 0.720. The van der Waals surface area contributed by atoms with Crippen molar-refractivity contribution in [3.63, 3.8) is 0 Å². The molecule has 0 aromatic rings. The van der Waals surface area contributed by atoms with Crippen LogP contribution in [0.15, 0.2) is 0 Å². The van der Waals surface area contributed by atoms with E-state index in [4.69, 9.17) is 21.1 Å². The molecule has 74 valence electrons. The van der Waals surface area contributed by atoms with Crippen LogP contribution in [0, 0.1) is 5.92 Å². The number of carbonyl (C=O) groups is 2. The molecular formula is C8H11ClO4. The maximum atomic E-state index is 11.2. The number of hydrogen-bond acceptors (Lipinski definition) is 4.